The van der Waals surface area contributed by atoms with Crippen molar-refractivity contribution in [3.05, 3.63) is 68.7 Å². The van der Waals surface area contributed by atoms with E-state index in [1.165, 1.54) is 28.6 Å². The van der Waals surface area contributed by atoms with Crippen LogP contribution in [0, 0.1) is 10.1 Å². The second-order valence-corrected chi connectivity index (χ2v) is 10.4. The van der Waals surface area contributed by atoms with Crippen molar-refractivity contribution >= 4 is 37.5 Å². The number of nitro benzene ring substituents is 1. The van der Waals surface area contributed by atoms with Gasteiger partial charge in [-0.3, -0.25) is 14.9 Å². The molecule has 0 bridgehead atoms. The molecule has 1 heterocycles. The van der Waals surface area contributed by atoms with Gasteiger partial charge in [-0.2, -0.15) is 4.31 Å². The molecule has 1 amide bonds. The summed E-state index contributed by atoms with van der Waals surface area (Å²) in [5.74, 6) is -0.0902. The van der Waals surface area contributed by atoms with E-state index in [-0.39, 0.29) is 37.0 Å². The zero-order chi connectivity index (χ0) is 22.1. The Kier molecular flexibility index (Phi) is 6.30. The number of nitrogens with zero attached hydrogens (tertiary/aromatic N) is 3. The van der Waals surface area contributed by atoms with E-state index in [9.17, 15) is 23.3 Å². The zero-order valence-electron chi connectivity index (χ0n) is 16.6. The van der Waals surface area contributed by atoms with Gasteiger partial charge in [-0.15, -0.1) is 0 Å². The predicted octanol–water partition coefficient (Wildman–Crippen LogP) is 3.17. The van der Waals surface area contributed by atoms with Crippen LogP contribution in [0.1, 0.15) is 19.4 Å². The third kappa shape index (κ3) is 4.26. The molecule has 0 aromatic heterocycles. The van der Waals surface area contributed by atoms with Crippen LogP contribution in [0.3, 0.4) is 0 Å². The first-order valence-electron chi connectivity index (χ1n) is 9.34. The van der Waals surface area contributed by atoms with Crippen molar-refractivity contribution in [3.8, 4) is 0 Å². The molecule has 160 valence electrons. The third-order valence-corrected chi connectivity index (χ3v) is 7.78. The van der Waals surface area contributed by atoms with E-state index in [2.05, 4.69) is 15.9 Å². The highest BCUT2D eigenvalue weighted by Crippen LogP contribution is 2.30. The zero-order valence-corrected chi connectivity index (χ0v) is 19.0. The van der Waals surface area contributed by atoms with Crippen molar-refractivity contribution in [3.63, 3.8) is 0 Å². The van der Waals surface area contributed by atoms with Gasteiger partial charge in [0.2, 0.25) is 15.9 Å². The summed E-state index contributed by atoms with van der Waals surface area (Å²) in [4.78, 5) is 25.0. The van der Waals surface area contributed by atoms with Gasteiger partial charge in [-0.05, 0) is 37.6 Å². The average Bonchev–Trinajstić information content (AvgIpc) is 2.73. The summed E-state index contributed by atoms with van der Waals surface area (Å²) in [6.45, 7) is 4.29. The lowest BCUT2D eigenvalue weighted by Crippen LogP contribution is -2.54. The van der Waals surface area contributed by atoms with Gasteiger partial charge >= 0.3 is 0 Å². The van der Waals surface area contributed by atoms with Crippen molar-refractivity contribution in [2.24, 2.45) is 0 Å². The fraction of sp³-hybridized carbons (Fsp3) is 0.350. The van der Waals surface area contributed by atoms with Crippen LogP contribution < -0.4 is 0 Å². The number of benzene rings is 2. The van der Waals surface area contributed by atoms with Gasteiger partial charge in [-0.25, -0.2) is 8.42 Å². The monoisotopic (exact) mass is 495 g/mol. The predicted molar refractivity (Wildman–Crippen MR) is 116 cm³/mol. The Balaban J connectivity index is 1.75. The number of amides is 1. The van der Waals surface area contributed by atoms with Crippen LogP contribution in [-0.2, 0) is 20.2 Å². The maximum Gasteiger partial charge on any atom is 0.289 e. The lowest BCUT2D eigenvalue weighted by molar-refractivity contribution is -0.387. The largest absolute Gasteiger partial charge is 0.339 e. The molecule has 8 nitrogen and oxygen atoms in total. The fourth-order valence-corrected chi connectivity index (χ4v) is 5.33. The first-order chi connectivity index (χ1) is 14.0. The van der Waals surface area contributed by atoms with E-state index in [1.54, 1.807) is 4.90 Å². The molecule has 1 aliphatic heterocycles. The molecule has 1 aliphatic rings. The number of carbonyl (C=O) groups excluding carboxylic acids is 1. The van der Waals surface area contributed by atoms with Crippen molar-refractivity contribution < 1.29 is 18.1 Å². The number of carbonyl (C=O) groups is 1. The van der Waals surface area contributed by atoms with Gasteiger partial charge in [0.15, 0.2) is 4.90 Å². The van der Waals surface area contributed by atoms with E-state index in [0.717, 1.165) is 10.0 Å². The highest BCUT2D eigenvalue weighted by Gasteiger charge is 2.38. The Hall–Kier alpha value is -2.30. The topological polar surface area (TPSA) is 101 Å². The molecule has 0 atom stereocenters. The number of nitro groups is 1. The van der Waals surface area contributed by atoms with Gasteiger partial charge in [0, 0.05) is 36.7 Å². The summed E-state index contributed by atoms with van der Waals surface area (Å²) in [5, 5.41) is 11.2. The van der Waals surface area contributed by atoms with Crippen LogP contribution in [0.2, 0.25) is 0 Å². The van der Waals surface area contributed by atoms with Crippen LogP contribution in [-0.4, -0.2) is 54.6 Å². The number of piperazine rings is 1. The molecule has 3 rings (SSSR count). The Morgan fingerprint density at radius 3 is 2.17 bits per heavy atom. The quantitative estimate of drug-likeness (QED) is 0.468. The maximum absolute atomic E-state index is 13.1. The molecule has 1 saturated heterocycles. The standard InChI is InChI=1S/C20H22BrN3O5S/c1-20(2,15-7-9-16(21)10-8-15)19(25)22-11-13-23(14-12-22)30(28,29)18-6-4-3-5-17(18)24(26)27/h3-10H,11-14H2,1-2H3. The van der Waals surface area contributed by atoms with Crippen LogP contribution in [0.15, 0.2) is 57.9 Å². The Bertz CT molecular complexity index is 1060. The Labute approximate surface area is 183 Å². The normalized spacial score (nSPS) is 15.8. The molecule has 0 spiro atoms. The van der Waals surface area contributed by atoms with Crippen molar-refractivity contribution in [2.45, 2.75) is 24.2 Å². The molecule has 0 aliphatic carbocycles. The SMILES string of the molecule is CC(C)(C(=O)N1CCN(S(=O)(=O)c2ccccc2[N+](=O)[O-])CC1)c1ccc(Br)cc1. The number of para-hydroxylation sites is 1. The molecule has 30 heavy (non-hydrogen) atoms. The second-order valence-electron chi connectivity index (χ2n) is 7.55. The van der Waals surface area contributed by atoms with Gasteiger partial charge in [0.25, 0.3) is 5.69 Å². The smallest absolute Gasteiger partial charge is 0.289 e. The number of sulfonamides is 1. The number of hydrogen-bond acceptors (Lipinski definition) is 5. The molecule has 2 aromatic carbocycles. The molecular weight excluding hydrogens is 474 g/mol. The maximum atomic E-state index is 13.1. The van der Waals surface area contributed by atoms with Gasteiger partial charge < -0.3 is 4.90 Å². The average molecular weight is 496 g/mol. The second kappa shape index (κ2) is 8.44. The van der Waals surface area contributed by atoms with Gasteiger partial charge in [0.05, 0.1) is 10.3 Å². The molecule has 0 saturated carbocycles. The molecule has 10 heteroatoms. The first-order valence-corrected chi connectivity index (χ1v) is 11.6. The molecule has 0 unspecified atom stereocenters. The Morgan fingerprint density at radius 1 is 1.03 bits per heavy atom. The van der Waals surface area contributed by atoms with Gasteiger partial charge in [0.1, 0.15) is 0 Å². The van der Waals surface area contributed by atoms with E-state index in [0.29, 0.717) is 0 Å². The van der Waals surface area contributed by atoms with E-state index in [1.807, 2.05) is 38.1 Å². The van der Waals surface area contributed by atoms with Crippen LogP contribution >= 0.6 is 15.9 Å². The van der Waals surface area contributed by atoms with Crippen LogP contribution in [0.4, 0.5) is 5.69 Å². The first kappa shape index (κ1) is 22.4. The third-order valence-electron chi connectivity index (χ3n) is 5.31. The fourth-order valence-electron chi connectivity index (χ4n) is 3.48. The summed E-state index contributed by atoms with van der Waals surface area (Å²) >= 11 is 3.38. The summed E-state index contributed by atoms with van der Waals surface area (Å²) in [7, 11) is -4.03. The molecule has 2 aromatic rings. The van der Waals surface area contributed by atoms with Crippen LogP contribution in [0.25, 0.3) is 0 Å². The van der Waals surface area contributed by atoms with Crippen molar-refractivity contribution in [1.82, 2.24) is 9.21 Å². The molecule has 1 fully saturated rings. The molecular formula is C20H22BrN3O5S. The van der Waals surface area contributed by atoms with E-state index >= 15 is 0 Å². The lowest BCUT2D eigenvalue weighted by Gasteiger charge is -2.38. The van der Waals surface area contributed by atoms with Crippen LogP contribution in [0.5, 0.6) is 0 Å². The van der Waals surface area contributed by atoms with Crippen molar-refractivity contribution in [2.75, 3.05) is 26.2 Å². The number of halogens is 1. The molecule has 0 N–H and O–H groups in total. The van der Waals surface area contributed by atoms with E-state index in [4.69, 9.17) is 0 Å². The highest BCUT2D eigenvalue weighted by molar-refractivity contribution is 9.10. The number of rotatable bonds is 5. The Morgan fingerprint density at radius 2 is 1.60 bits per heavy atom. The van der Waals surface area contributed by atoms with E-state index < -0.39 is 26.0 Å². The summed E-state index contributed by atoms with van der Waals surface area (Å²) < 4.78 is 28.0. The van der Waals surface area contributed by atoms with Crippen molar-refractivity contribution in [1.29, 1.82) is 0 Å². The lowest BCUT2D eigenvalue weighted by atomic mass is 9.83. The minimum Gasteiger partial charge on any atom is -0.339 e. The summed E-state index contributed by atoms with van der Waals surface area (Å²) in [6, 6.07) is 12.8. The summed E-state index contributed by atoms with van der Waals surface area (Å²) in [5.41, 5.74) is -0.349. The van der Waals surface area contributed by atoms with Gasteiger partial charge in [-0.1, -0.05) is 40.2 Å². The highest BCUT2D eigenvalue weighted by atomic mass is 79.9. The number of hydrogen-bond donors (Lipinski definition) is 0. The molecule has 0 radical (unpaired) electrons. The summed E-state index contributed by atoms with van der Waals surface area (Å²) in [6.07, 6.45) is 0. The minimum atomic E-state index is -4.03. The minimum absolute atomic E-state index is 0.0799.